The van der Waals surface area contributed by atoms with Crippen molar-refractivity contribution in [2.75, 3.05) is 6.61 Å². The summed E-state index contributed by atoms with van der Waals surface area (Å²) in [7, 11) is 0. The van der Waals surface area contributed by atoms with Gasteiger partial charge in [-0.3, -0.25) is 4.79 Å². The lowest BCUT2D eigenvalue weighted by atomic mass is 10.1. The summed E-state index contributed by atoms with van der Waals surface area (Å²) in [6.07, 6.45) is 0. The fourth-order valence-electron chi connectivity index (χ4n) is 1.68. The zero-order valence-electron chi connectivity index (χ0n) is 9.43. The third kappa shape index (κ3) is 2.09. The van der Waals surface area contributed by atoms with Gasteiger partial charge in [-0.25, -0.2) is 4.79 Å². The minimum atomic E-state index is -0.440. The summed E-state index contributed by atoms with van der Waals surface area (Å²) >= 11 is 0. The number of aromatic nitrogens is 1. The molecule has 1 N–H and O–H groups in total. The maximum Gasteiger partial charge on any atom is 0.340 e. The molecule has 4 nitrogen and oxygen atoms in total. The highest BCUT2D eigenvalue weighted by molar-refractivity contribution is 6.07. The van der Waals surface area contributed by atoms with E-state index in [1.54, 1.807) is 20.8 Å². The number of ketones is 1. The van der Waals surface area contributed by atoms with Gasteiger partial charge in [0, 0.05) is 11.4 Å². The third-order valence-corrected chi connectivity index (χ3v) is 2.21. The number of aryl methyl sites for hydroxylation is 2. The van der Waals surface area contributed by atoms with Crippen LogP contribution in [0.2, 0.25) is 0 Å². The highest BCUT2D eigenvalue weighted by Crippen LogP contribution is 2.19. The molecule has 0 aliphatic rings. The number of hydrogen-bond donors (Lipinski definition) is 1. The second kappa shape index (κ2) is 4.29. The summed E-state index contributed by atoms with van der Waals surface area (Å²) in [5, 5.41) is 0. The summed E-state index contributed by atoms with van der Waals surface area (Å²) in [4.78, 5) is 26.0. The van der Waals surface area contributed by atoms with Crippen molar-refractivity contribution >= 4 is 11.8 Å². The van der Waals surface area contributed by atoms with E-state index in [0.717, 1.165) is 0 Å². The van der Waals surface area contributed by atoms with Gasteiger partial charge in [0.05, 0.1) is 17.7 Å². The molecule has 1 aromatic heterocycles. The van der Waals surface area contributed by atoms with Crippen molar-refractivity contribution in [3.8, 4) is 0 Å². The quantitative estimate of drug-likeness (QED) is 0.612. The zero-order chi connectivity index (χ0) is 11.6. The Bertz CT molecular complexity index is 404. The number of Topliss-reactive ketones (excluding diaryl/α,β-unsaturated/α-hetero) is 1. The van der Waals surface area contributed by atoms with E-state index in [1.807, 2.05) is 0 Å². The summed E-state index contributed by atoms with van der Waals surface area (Å²) < 4.78 is 4.90. The Balaban J connectivity index is 3.26. The molecular weight excluding hydrogens is 194 g/mol. The van der Waals surface area contributed by atoms with Gasteiger partial charge in [-0.05, 0) is 27.7 Å². The van der Waals surface area contributed by atoms with E-state index in [-0.39, 0.29) is 5.78 Å². The summed E-state index contributed by atoms with van der Waals surface area (Å²) in [6, 6.07) is 0. The Morgan fingerprint density at radius 1 is 1.20 bits per heavy atom. The highest BCUT2D eigenvalue weighted by Gasteiger charge is 2.22. The lowest BCUT2D eigenvalue weighted by molar-refractivity contribution is 0.0522. The SMILES string of the molecule is CCOC(=O)c1c(C)[nH]c(C)c1C(C)=O. The van der Waals surface area contributed by atoms with Crippen LogP contribution in [0.1, 0.15) is 46.0 Å². The van der Waals surface area contributed by atoms with Gasteiger partial charge in [0.2, 0.25) is 0 Å². The van der Waals surface area contributed by atoms with Crippen LogP contribution in [0.15, 0.2) is 0 Å². The number of carbonyl (C=O) groups is 2. The van der Waals surface area contributed by atoms with Crippen molar-refractivity contribution in [3.05, 3.63) is 22.5 Å². The van der Waals surface area contributed by atoms with Gasteiger partial charge in [0.1, 0.15) is 0 Å². The first-order valence-corrected chi connectivity index (χ1v) is 4.86. The summed E-state index contributed by atoms with van der Waals surface area (Å²) in [6.45, 7) is 7.01. The van der Waals surface area contributed by atoms with E-state index >= 15 is 0 Å². The van der Waals surface area contributed by atoms with Gasteiger partial charge >= 0.3 is 5.97 Å². The van der Waals surface area contributed by atoms with E-state index in [9.17, 15) is 9.59 Å². The Hall–Kier alpha value is -1.58. The topological polar surface area (TPSA) is 59.2 Å². The van der Waals surface area contributed by atoms with Crippen molar-refractivity contribution in [2.24, 2.45) is 0 Å². The van der Waals surface area contributed by atoms with Crippen LogP contribution in [0.3, 0.4) is 0 Å². The molecular formula is C11H15NO3. The van der Waals surface area contributed by atoms with E-state index in [1.165, 1.54) is 6.92 Å². The standard InChI is InChI=1S/C11H15NO3/c1-5-15-11(14)10-7(3)12-6(2)9(10)8(4)13/h12H,5H2,1-4H3. The summed E-state index contributed by atoms with van der Waals surface area (Å²) in [5.41, 5.74) is 2.19. The molecule has 0 amide bonds. The van der Waals surface area contributed by atoms with Gasteiger partial charge in [0.25, 0.3) is 0 Å². The molecule has 0 saturated carbocycles. The van der Waals surface area contributed by atoms with Gasteiger partial charge in [-0.2, -0.15) is 0 Å². The highest BCUT2D eigenvalue weighted by atomic mass is 16.5. The minimum absolute atomic E-state index is 0.125. The average Bonchev–Trinajstić information content (AvgIpc) is 2.41. The molecule has 15 heavy (non-hydrogen) atoms. The number of nitrogens with one attached hydrogen (secondary N) is 1. The second-order valence-corrected chi connectivity index (χ2v) is 3.40. The van der Waals surface area contributed by atoms with Crippen LogP contribution in [0, 0.1) is 13.8 Å². The molecule has 0 aliphatic carbocycles. The van der Waals surface area contributed by atoms with Crippen molar-refractivity contribution in [2.45, 2.75) is 27.7 Å². The number of carbonyl (C=O) groups excluding carboxylic acids is 2. The lowest BCUT2D eigenvalue weighted by Gasteiger charge is -2.03. The van der Waals surface area contributed by atoms with E-state index in [4.69, 9.17) is 4.74 Å². The molecule has 1 aromatic rings. The van der Waals surface area contributed by atoms with E-state index in [0.29, 0.717) is 29.1 Å². The number of H-pyrrole nitrogens is 1. The lowest BCUT2D eigenvalue weighted by Crippen LogP contribution is -2.10. The van der Waals surface area contributed by atoms with Crippen LogP contribution < -0.4 is 0 Å². The fraction of sp³-hybridized carbons (Fsp3) is 0.455. The van der Waals surface area contributed by atoms with Crippen LogP contribution >= 0.6 is 0 Å². The first kappa shape index (κ1) is 11.5. The molecule has 0 saturated heterocycles. The molecule has 4 heteroatoms. The minimum Gasteiger partial charge on any atom is -0.462 e. The number of aromatic amines is 1. The van der Waals surface area contributed by atoms with E-state index < -0.39 is 5.97 Å². The van der Waals surface area contributed by atoms with Gasteiger partial charge in [0.15, 0.2) is 5.78 Å². The molecule has 0 atom stereocenters. The fourth-order valence-corrected chi connectivity index (χ4v) is 1.68. The molecule has 0 aliphatic heterocycles. The molecule has 0 fully saturated rings. The third-order valence-electron chi connectivity index (χ3n) is 2.21. The zero-order valence-corrected chi connectivity index (χ0v) is 9.43. The summed E-state index contributed by atoms with van der Waals surface area (Å²) in [5.74, 6) is -0.565. The largest absolute Gasteiger partial charge is 0.462 e. The van der Waals surface area contributed by atoms with Crippen LogP contribution in [0.4, 0.5) is 0 Å². The van der Waals surface area contributed by atoms with Crippen LogP contribution in [-0.2, 0) is 4.74 Å². The number of rotatable bonds is 3. The molecule has 1 rings (SSSR count). The Morgan fingerprint density at radius 2 is 1.73 bits per heavy atom. The normalized spacial score (nSPS) is 10.1. The Kier molecular flexibility index (Phi) is 3.29. The molecule has 0 radical (unpaired) electrons. The maximum absolute atomic E-state index is 11.6. The first-order chi connectivity index (χ1) is 6.99. The molecule has 0 bridgehead atoms. The van der Waals surface area contributed by atoms with Gasteiger partial charge in [-0.15, -0.1) is 0 Å². The monoisotopic (exact) mass is 209 g/mol. The molecule has 82 valence electrons. The molecule has 0 spiro atoms. The van der Waals surface area contributed by atoms with Gasteiger partial charge < -0.3 is 9.72 Å². The molecule has 0 aromatic carbocycles. The number of esters is 1. The second-order valence-electron chi connectivity index (χ2n) is 3.40. The predicted octanol–water partition coefficient (Wildman–Crippen LogP) is 2.01. The Labute approximate surface area is 88.6 Å². The maximum atomic E-state index is 11.6. The molecule has 1 heterocycles. The van der Waals surface area contributed by atoms with Crippen molar-refractivity contribution < 1.29 is 14.3 Å². The number of ether oxygens (including phenoxy) is 1. The average molecular weight is 209 g/mol. The van der Waals surface area contributed by atoms with E-state index in [2.05, 4.69) is 4.98 Å². The van der Waals surface area contributed by atoms with Gasteiger partial charge in [-0.1, -0.05) is 0 Å². The number of hydrogen-bond acceptors (Lipinski definition) is 3. The van der Waals surface area contributed by atoms with Crippen molar-refractivity contribution in [1.29, 1.82) is 0 Å². The Morgan fingerprint density at radius 3 is 2.20 bits per heavy atom. The predicted molar refractivity (Wildman–Crippen MR) is 56.2 cm³/mol. The van der Waals surface area contributed by atoms with Crippen molar-refractivity contribution in [3.63, 3.8) is 0 Å². The van der Waals surface area contributed by atoms with Crippen molar-refractivity contribution in [1.82, 2.24) is 4.98 Å². The van der Waals surface area contributed by atoms with Crippen LogP contribution in [0.25, 0.3) is 0 Å². The molecule has 0 unspecified atom stereocenters. The smallest absolute Gasteiger partial charge is 0.340 e. The van der Waals surface area contributed by atoms with Crippen LogP contribution in [0.5, 0.6) is 0 Å². The van der Waals surface area contributed by atoms with Crippen LogP contribution in [-0.4, -0.2) is 23.3 Å². The first-order valence-electron chi connectivity index (χ1n) is 4.86.